The summed E-state index contributed by atoms with van der Waals surface area (Å²) in [6.45, 7) is 0. The number of phenolic OH excluding ortho intramolecular Hbond substituents is 1. The van der Waals surface area contributed by atoms with Crippen molar-refractivity contribution in [3.05, 3.63) is 59.7 Å². The van der Waals surface area contributed by atoms with Crippen molar-refractivity contribution in [3.63, 3.8) is 0 Å². The first-order chi connectivity index (χ1) is 9.22. The highest BCUT2D eigenvalue weighted by molar-refractivity contribution is 15.0. The lowest BCUT2D eigenvalue weighted by atomic mass is 10.0. The molecule has 19 heavy (non-hydrogen) atoms. The second-order valence-corrected chi connectivity index (χ2v) is 3.58. The van der Waals surface area contributed by atoms with Gasteiger partial charge in [0.1, 0.15) is 11.5 Å². The average molecular weight is 482 g/mol. The third-order valence-electron chi connectivity index (χ3n) is 2.49. The van der Waals surface area contributed by atoms with E-state index in [2.05, 4.69) is 37.2 Å². The third-order valence-corrected chi connectivity index (χ3v) is 2.49. The van der Waals surface area contributed by atoms with Gasteiger partial charge in [-0.1, -0.05) is 30.3 Å². The van der Waals surface area contributed by atoms with Crippen LogP contribution in [0, 0.1) is 0 Å². The summed E-state index contributed by atoms with van der Waals surface area (Å²) in [4.78, 5) is 12.1. The predicted molar refractivity (Wildman–Crippen MR) is 92.6 cm³/mol. The smallest absolute Gasteiger partial charge is 0.196 e. The van der Waals surface area contributed by atoms with Gasteiger partial charge in [-0.25, -0.2) is 0 Å². The number of hydrogen-bond donors (Lipinski definition) is 1. The molecular formula is C14H12I2O3. The molecule has 0 atom stereocenters. The van der Waals surface area contributed by atoms with Gasteiger partial charge in [-0.2, -0.15) is 0 Å². The Balaban J connectivity index is 0.000000861. The third kappa shape index (κ3) is 4.34. The minimum atomic E-state index is -0.203. The Hall–Kier alpha value is -0.830. The number of carbonyl (C=O) groups excluding carboxylic acids is 1. The summed E-state index contributed by atoms with van der Waals surface area (Å²) in [5, 5.41) is 9.75. The molecule has 0 saturated carbocycles. The van der Waals surface area contributed by atoms with Gasteiger partial charge < -0.3 is 9.84 Å². The van der Waals surface area contributed by atoms with E-state index < -0.39 is 0 Å². The average Bonchev–Trinajstić information content (AvgIpc) is 2.49. The van der Waals surface area contributed by atoms with Crippen molar-refractivity contribution in [1.82, 2.24) is 0 Å². The van der Waals surface area contributed by atoms with Gasteiger partial charge in [0.15, 0.2) is 5.78 Å². The van der Waals surface area contributed by atoms with Gasteiger partial charge in [-0.3, -0.25) is 4.79 Å². The Bertz CT molecular complexity index is 542. The number of benzene rings is 2. The van der Waals surface area contributed by atoms with Gasteiger partial charge in [0.25, 0.3) is 0 Å². The summed E-state index contributed by atoms with van der Waals surface area (Å²) >= 11 is 4.24. The number of carbonyl (C=O) groups is 1. The molecule has 0 amide bonds. The van der Waals surface area contributed by atoms with E-state index in [1.165, 1.54) is 13.2 Å². The standard InChI is InChI=1S/C14H12O3.I2/c1-17-11-7-8-12(13(15)9-11)14(16)10-5-3-2-4-6-10;1-2/h2-9,15H,1H3;. The fourth-order valence-corrected chi connectivity index (χ4v) is 1.58. The molecular weight excluding hydrogens is 470 g/mol. The molecule has 5 heteroatoms. The number of ether oxygens (including phenoxy) is 1. The first-order valence-electron chi connectivity index (χ1n) is 5.33. The van der Waals surface area contributed by atoms with Crippen molar-refractivity contribution in [3.8, 4) is 11.5 Å². The first-order valence-corrected chi connectivity index (χ1v) is 11.6. The Morgan fingerprint density at radius 2 is 1.74 bits per heavy atom. The van der Waals surface area contributed by atoms with E-state index in [0.29, 0.717) is 11.3 Å². The van der Waals surface area contributed by atoms with Gasteiger partial charge in [0.2, 0.25) is 0 Å². The second-order valence-electron chi connectivity index (χ2n) is 3.58. The molecule has 2 aromatic carbocycles. The van der Waals surface area contributed by atoms with E-state index in [1.54, 1.807) is 36.4 Å². The SMILES string of the molecule is COc1ccc(C(=O)c2ccccc2)c(O)c1.II. The molecule has 0 heterocycles. The Morgan fingerprint density at radius 3 is 2.26 bits per heavy atom. The van der Waals surface area contributed by atoms with Gasteiger partial charge in [0, 0.05) is 48.9 Å². The van der Waals surface area contributed by atoms with E-state index in [1.807, 2.05) is 6.07 Å². The molecule has 0 saturated heterocycles. The van der Waals surface area contributed by atoms with E-state index in [4.69, 9.17) is 4.74 Å². The number of halogens is 2. The van der Waals surface area contributed by atoms with Crippen LogP contribution < -0.4 is 4.74 Å². The lowest BCUT2D eigenvalue weighted by Crippen LogP contribution is -2.01. The number of hydrogen-bond acceptors (Lipinski definition) is 3. The second kappa shape index (κ2) is 8.36. The predicted octanol–water partition coefficient (Wildman–Crippen LogP) is 4.40. The fraction of sp³-hybridized carbons (Fsp3) is 0.0714. The van der Waals surface area contributed by atoms with Crippen LogP contribution in [0.2, 0.25) is 0 Å². The highest BCUT2D eigenvalue weighted by atomic mass is 128. The molecule has 0 aliphatic heterocycles. The zero-order valence-corrected chi connectivity index (χ0v) is 14.5. The van der Waals surface area contributed by atoms with Crippen LogP contribution >= 0.6 is 37.2 Å². The zero-order chi connectivity index (χ0) is 14.3. The lowest BCUT2D eigenvalue weighted by Gasteiger charge is -2.06. The fourth-order valence-electron chi connectivity index (χ4n) is 1.58. The molecule has 0 spiro atoms. The quantitative estimate of drug-likeness (QED) is 0.522. The summed E-state index contributed by atoms with van der Waals surface area (Å²) in [6.07, 6.45) is 0. The van der Waals surface area contributed by atoms with E-state index in [9.17, 15) is 9.90 Å². The number of aromatic hydroxyl groups is 1. The summed E-state index contributed by atoms with van der Waals surface area (Å²) in [5.41, 5.74) is 0.824. The van der Waals surface area contributed by atoms with Gasteiger partial charge >= 0.3 is 0 Å². The van der Waals surface area contributed by atoms with Crippen LogP contribution in [0.5, 0.6) is 11.5 Å². The topological polar surface area (TPSA) is 46.5 Å². The van der Waals surface area contributed by atoms with Crippen LogP contribution in [0.3, 0.4) is 0 Å². The molecule has 1 N–H and O–H groups in total. The Morgan fingerprint density at radius 1 is 1.11 bits per heavy atom. The molecule has 100 valence electrons. The van der Waals surface area contributed by atoms with Crippen LogP contribution in [0.15, 0.2) is 48.5 Å². The molecule has 0 aromatic heterocycles. The van der Waals surface area contributed by atoms with Crippen molar-refractivity contribution in [2.45, 2.75) is 0 Å². The minimum Gasteiger partial charge on any atom is -0.507 e. The van der Waals surface area contributed by atoms with Crippen molar-refractivity contribution in [1.29, 1.82) is 0 Å². The Labute approximate surface area is 135 Å². The maximum Gasteiger partial charge on any atom is 0.196 e. The molecule has 0 aliphatic carbocycles. The molecule has 0 bridgehead atoms. The Kier molecular flexibility index (Phi) is 7.14. The largest absolute Gasteiger partial charge is 0.507 e. The summed E-state index contributed by atoms with van der Waals surface area (Å²) in [5.74, 6) is 0.246. The van der Waals surface area contributed by atoms with E-state index in [0.717, 1.165) is 0 Å². The molecule has 3 nitrogen and oxygen atoms in total. The normalized spacial score (nSPS) is 9.21. The maximum absolute atomic E-state index is 12.1. The van der Waals surface area contributed by atoms with Crippen molar-refractivity contribution in [2.75, 3.05) is 7.11 Å². The minimum absolute atomic E-state index is 0.0711. The van der Waals surface area contributed by atoms with Crippen LogP contribution in [-0.4, -0.2) is 18.0 Å². The molecule has 0 fully saturated rings. The number of rotatable bonds is 3. The van der Waals surface area contributed by atoms with E-state index >= 15 is 0 Å². The molecule has 0 unspecified atom stereocenters. The molecule has 0 aliphatic rings. The van der Waals surface area contributed by atoms with Gasteiger partial charge in [-0.05, 0) is 12.1 Å². The number of phenols is 1. The highest BCUT2D eigenvalue weighted by Crippen LogP contribution is 2.25. The number of methoxy groups -OCH3 is 1. The summed E-state index contributed by atoms with van der Waals surface area (Å²) in [7, 11) is 1.51. The van der Waals surface area contributed by atoms with Crippen molar-refractivity contribution < 1.29 is 14.6 Å². The highest BCUT2D eigenvalue weighted by Gasteiger charge is 2.13. The van der Waals surface area contributed by atoms with Crippen molar-refractivity contribution >= 4 is 43.0 Å². The van der Waals surface area contributed by atoms with Crippen LogP contribution in [0.25, 0.3) is 0 Å². The van der Waals surface area contributed by atoms with Crippen LogP contribution in [0.1, 0.15) is 15.9 Å². The monoisotopic (exact) mass is 482 g/mol. The molecule has 0 radical (unpaired) electrons. The number of ketones is 1. The molecule has 2 rings (SSSR count). The summed E-state index contributed by atoms with van der Waals surface area (Å²) < 4.78 is 4.96. The van der Waals surface area contributed by atoms with Crippen molar-refractivity contribution in [2.24, 2.45) is 0 Å². The molecule has 2 aromatic rings. The maximum atomic E-state index is 12.1. The first kappa shape index (κ1) is 16.2. The van der Waals surface area contributed by atoms with Gasteiger partial charge in [0.05, 0.1) is 12.7 Å². The zero-order valence-electron chi connectivity index (χ0n) is 10.1. The van der Waals surface area contributed by atoms with Crippen LogP contribution in [0.4, 0.5) is 0 Å². The van der Waals surface area contributed by atoms with Gasteiger partial charge in [-0.15, -0.1) is 0 Å². The lowest BCUT2D eigenvalue weighted by molar-refractivity contribution is 0.103. The van der Waals surface area contributed by atoms with E-state index in [-0.39, 0.29) is 17.1 Å². The summed E-state index contributed by atoms with van der Waals surface area (Å²) in [6, 6.07) is 13.5. The van der Waals surface area contributed by atoms with Crippen LogP contribution in [-0.2, 0) is 0 Å².